The topological polar surface area (TPSA) is 59.0 Å². The standard InChI is InChI=1S/C25H29NO4S/c1-25(2,3)30-24(28)21-5-4-12-26(21)13-14-29-20-10-7-17(8-11-20)22-15-18-6-9-19(27)16-23(18)31-22/h6-11,15-16,21,27H,4-5,12-14H2,1-3H3. The third kappa shape index (κ3) is 5.38. The predicted molar refractivity (Wildman–Crippen MR) is 125 cm³/mol. The van der Waals surface area contributed by atoms with E-state index < -0.39 is 5.60 Å². The minimum atomic E-state index is -0.460. The van der Waals surface area contributed by atoms with Crippen molar-refractivity contribution in [2.45, 2.75) is 45.3 Å². The van der Waals surface area contributed by atoms with Gasteiger partial charge < -0.3 is 14.6 Å². The van der Waals surface area contributed by atoms with Gasteiger partial charge in [-0.3, -0.25) is 9.69 Å². The van der Waals surface area contributed by atoms with E-state index >= 15 is 0 Å². The molecule has 1 unspecified atom stereocenters. The molecule has 31 heavy (non-hydrogen) atoms. The molecule has 0 saturated carbocycles. The first kappa shape index (κ1) is 21.7. The molecule has 0 bridgehead atoms. The molecule has 1 N–H and O–H groups in total. The van der Waals surface area contributed by atoms with Crippen LogP contribution in [-0.2, 0) is 9.53 Å². The van der Waals surface area contributed by atoms with E-state index in [1.165, 1.54) is 0 Å². The predicted octanol–water partition coefficient (Wildman–Crippen LogP) is 5.46. The molecule has 1 atom stereocenters. The number of phenols is 1. The van der Waals surface area contributed by atoms with Crippen LogP contribution in [0, 0.1) is 0 Å². The summed E-state index contributed by atoms with van der Waals surface area (Å²) in [4.78, 5) is 15.8. The van der Waals surface area contributed by atoms with Crippen molar-refractivity contribution in [1.82, 2.24) is 4.90 Å². The molecule has 1 aliphatic rings. The normalized spacial score (nSPS) is 17.2. The summed E-state index contributed by atoms with van der Waals surface area (Å²) in [5.41, 5.74) is 0.663. The molecular weight excluding hydrogens is 410 g/mol. The molecule has 5 nitrogen and oxygen atoms in total. The molecule has 1 fully saturated rings. The number of hydrogen-bond acceptors (Lipinski definition) is 6. The number of thiophene rings is 1. The molecule has 0 spiro atoms. The Morgan fingerprint density at radius 2 is 1.94 bits per heavy atom. The Labute approximate surface area is 187 Å². The molecule has 3 aromatic rings. The highest BCUT2D eigenvalue weighted by atomic mass is 32.1. The van der Waals surface area contributed by atoms with Gasteiger partial charge in [-0.2, -0.15) is 0 Å². The fourth-order valence-electron chi connectivity index (χ4n) is 3.89. The molecule has 2 aromatic carbocycles. The summed E-state index contributed by atoms with van der Waals surface area (Å²) in [6.45, 7) is 7.83. The van der Waals surface area contributed by atoms with Crippen LogP contribution in [0.3, 0.4) is 0 Å². The molecular formula is C25H29NO4S. The van der Waals surface area contributed by atoms with Gasteiger partial charge in [0.05, 0.1) is 0 Å². The van der Waals surface area contributed by atoms with Crippen LogP contribution < -0.4 is 4.74 Å². The highest BCUT2D eigenvalue weighted by Gasteiger charge is 2.33. The molecule has 2 heterocycles. The van der Waals surface area contributed by atoms with Crippen LogP contribution in [0.1, 0.15) is 33.6 Å². The average Bonchev–Trinajstić information content (AvgIpc) is 3.34. The number of rotatable bonds is 6. The van der Waals surface area contributed by atoms with E-state index in [0.717, 1.165) is 45.7 Å². The Kier molecular flexibility index (Phi) is 6.21. The second-order valence-corrected chi connectivity index (χ2v) is 10.0. The van der Waals surface area contributed by atoms with Crippen molar-refractivity contribution < 1.29 is 19.4 Å². The Hall–Kier alpha value is -2.57. The summed E-state index contributed by atoms with van der Waals surface area (Å²) >= 11 is 1.66. The molecule has 0 radical (unpaired) electrons. The van der Waals surface area contributed by atoms with Crippen molar-refractivity contribution in [2.24, 2.45) is 0 Å². The molecule has 0 amide bonds. The summed E-state index contributed by atoms with van der Waals surface area (Å²) in [6, 6.07) is 15.5. The van der Waals surface area contributed by atoms with Crippen molar-refractivity contribution in [3.63, 3.8) is 0 Å². The van der Waals surface area contributed by atoms with Crippen molar-refractivity contribution in [2.75, 3.05) is 19.7 Å². The first-order valence-corrected chi connectivity index (χ1v) is 11.5. The van der Waals surface area contributed by atoms with Gasteiger partial charge in [-0.25, -0.2) is 0 Å². The number of hydrogen-bond donors (Lipinski definition) is 1. The molecule has 1 aliphatic heterocycles. The van der Waals surface area contributed by atoms with Crippen LogP contribution in [0.15, 0.2) is 48.5 Å². The lowest BCUT2D eigenvalue weighted by atomic mass is 10.1. The van der Waals surface area contributed by atoms with Crippen LogP contribution >= 0.6 is 11.3 Å². The van der Waals surface area contributed by atoms with Crippen LogP contribution in [0.2, 0.25) is 0 Å². The smallest absolute Gasteiger partial charge is 0.323 e. The lowest BCUT2D eigenvalue weighted by Crippen LogP contribution is -2.42. The molecule has 6 heteroatoms. The van der Waals surface area contributed by atoms with Gasteiger partial charge in [0.2, 0.25) is 0 Å². The van der Waals surface area contributed by atoms with E-state index in [2.05, 4.69) is 23.1 Å². The lowest BCUT2D eigenvalue weighted by molar-refractivity contribution is -0.160. The van der Waals surface area contributed by atoms with Gasteiger partial charge in [0.1, 0.15) is 29.7 Å². The first-order valence-electron chi connectivity index (χ1n) is 10.7. The van der Waals surface area contributed by atoms with E-state index in [4.69, 9.17) is 9.47 Å². The summed E-state index contributed by atoms with van der Waals surface area (Å²) in [7, 11) is 0. The first-order chi connectivity index (χ1) is 14.8. The highest BCUT2D eigenvalue weighted by molar-refractivity contribution is 7.22. The maximum Gasteiger partial charge on any atom is 0.323 e. The van der Waals surface area contributed by atoms with Crippen molar-refractivity contribution in [3.8, 4) is 21.9 Å². The highest BCUT2D eigenvalue weighted by Crippen LogP contribution is 2.35. The Morgan fingerprint density at radius 3 is 2.68 bits per heavy atom. The third-order valence-electron chi connectivity index (χ3n) is 5.33. The largest absolute Gasteiger partial charge is 0.508 e. The Morgan fingerprint density at radius 1 is 1.16 bits per heavy atom. The van der Waals surface area contributed by atoms with Gasteiger partial charge in [0.25, 0.3) is 0 Å². The number of carbonyl (C=O) groups is 1. The third-order valence-corrected chi connectivity index (χ3v) is 6.48. The van der Waals surface area contributed by atoms with E-state index in [-0.39, 0.29) is 17.8 Å². The zero-order chi connectivity index (χ0) is 22.0. The molecule has 164 valence electrons. The van der Waals surface area contributed by atoms with Gasteiger partial charge in [-0.05, 0) is 99.6 Å². The second-order valence-electron chi connectivity index (χ2n) is 8.93. The summed E-state index contributed by atoms with van der Waals surface area (Å²) in [5, 5.41) is 10.8. The van der Waals surface area contributed by atoms with E-state index in [9.17, 15) is 9.90 Å². The monoisotopic (exact) mass is 439 g/mol. The second kappa shape index (κ2) is 8.89. The maximum atomic E-state index is 12.4. The van der Waals surface area contributed by atoms with Gasteiger partial charge in [0.15, 0.2) is 0 Å². The van der Waals surface area contributed by atoms with Crippen LogP contribution in [0.25, 0.3) is 20.5 Å². The minimum Gasteiger partial charge on any atom is -0.508 e. The fraction of sp³-hybridized carbons (Fsp3) is 0.400. The quantitative estimate of drug-likeness (QED) is 0.517. The zero-order valence-electron chi connectivity index (χ0n) is 18.3. The summed E-state index contributed by atoms with van der Waals surface area (Å²) in [6.07, 6.45) is 1.85. The number of carbonyl (C=O) groups excluding carboxylic acids is 1. The molecule has 4 rings (SSSR count). The molecule has 0 aliphatic carbocycles. The van der Waals surface area contributed by atoms with E-state index in [0.29, 0.717) is 13.2 Å². The Bertz CT molecular complexity index is 1050. The SMILES string of the molecule is CC(C)(C)OC(=O)C1CCCN1CCOc1ccc(-c2cc3ccc(O)cc3s2)cc1. The van der Waals surface area contributed by atoms with Crippen LogP contribution in [0.5, 0.6) is 11.5 Å². The summed E-state index contributed by atoms with van der Waals surface area (Å²) in [5.74, 6) is 0.970. The number of phenolic OH excluding ortho intramolecular Hbond substituents is 1. The van der Waals surface area contributed by atoms with Crippen molar-refractivity contribution >= 4 is 27.4 Å². The van der Waals surface area contributed by atoms with Gasteiger partial charge in [-0.15, -0.1) is 11.3 Å². The molecule has 1 aromatic heterocycles. The number of likely N-dealkylation sites (tertiary alicyclic amines) is 1. The minimum absolute atomic E-state index is 0.133. The number of nitrogens with zero attached hydrogens (tertiary/aromatic N) is 1. The summed E-state index contributed by atoms with van der Waals surface area (Å²) < 4.78 is 12.6. The van der Waals surface area contributed by atoms with Crippen LogP contribution in [-0.4, -0.2) is 47.3 Å². The Balaban J connectivity index is 1.32. The van der Waals surface area contributed by atoms with E-state index in [1.54, 1.807) is 23.5 Å². The number of aromatic hydroxyl groups is 1. The number of fused-ring (bicyclic) bond motifs is 1. The van der Waals surface area contributed by atoms with Crippen molar-refractivity contribution in [3.05, 3.63) is 48.5 Å². The molecule has 1 saturated heterocycles. The van der Waals surface area contributed by atoms with Gasteiger partial charge in [0, 0.05) is 16.1 Å². The fourth-order valence-corrected chi connectivity index (χ4v) is 4.99. The zero-order valence-corrected chi connectivity index (χ0v) is 19.1. The maximum absolute atomic E-state index is 12.4. The van der Waals surface area contributed by atoms with Crippen LogP contribution in [0.4, 0.5) is 0 Å². The van der Waals surface area contributed by atoms with Gasteiger partial charge in [-0.1, -0.05) is 0 Å². The van der Waals surface area contributed by atoms with E-state index in [1.807, 2.05) is 39.0 Å². The lowest BCUT2D eigenvalue weighted by Gasteiger charge is -2.27. The average molecular weight is 440 g/mol. The number of ether oxygens (including phenoxy) is 2. The van der Waals surface area contributed by atoms with Gasteiger partial charge >= 0.3 is 5.97 Å². The van der Waals surface area contributed by atoms with Crippen molar-refractivity contribution in [1.29, 1.82) is 0 Å². The number of esters is 1. The number of benzene rings is 2.